The van der Waals surface area contributed by atoms with Gasteiger partial charge < -0.3 is 30.1 Å². The summed E-state index contributed by atoms with van der Waals surface area (Å²) in [5.41, 5.74) is 0.614. The Morgan fingerprint density at radius 1 is 1.41 bits per heavy atom. The third kappa shape index (κ3) is 5.58. The number of carbonyl (C=O) groups excluding carboxylic acids is 2. The van der Waals surface area contributed by atoms with E-state index >= 15 is 0 Å². The van der Waals surface area contributed by atoms with Crippen molar-refractivity contribution in [2.45, 2.75) is 31.8 Å². The lowest BCUT2D eigenvalue weighted by atomic mass is 10.0. The fraction of sp³-hybridized carbons (Fsp3) is 0.579. The van der Waals surface area contributed by atoms with Gasteiger partial charge in [0.2, 0.25) is 5.91 Å². The molecule has 0 spiro atoms. The maximum absolute atomic E-state index is 12.3. The predicted octanol–water partition coefficient (Wildman–Crippen LogP) is 0.537. The molecule has 0 saturated carbocycles. The maximum Gasteiger partial charge on any atom is 0.251 e. The second-order valence-corrected chi connectivity index (χ2v) is 7.30. The van der Waals surface area contributed by atoms with Gasteiger partial charge in [-0.05, 0) is 32.0 Å². The minimum absolute atomic E-state index is 0.139. The van der Waals surface area contributed by atoms with Crippen LogP contribution in [0.15, 0.2) is 18.2 Å². The summed E-state index contributed by atoms with van der Waals surface area (Å²) in [5, 5.41) is 14.9. The number of hydrogen-bond donors (Lipinski definition) is 3. The third-order valence-electron chi connectivity index (χ3n) is 4.47. The second-order valence-electron chi connectivity index (χ2n) is 7.30. The number of hydrogen-bond acceptors (Lipinski definition) is 6. The van der Waals surface area contributed by atoms with Crippen molar-refractivity contribution in [3.8, 4) is 5.75 Å². The number of aliphatic hydroxyl groups excluding tert-OH is 1. The van der Waals surface area contributed by atoms with Gasteiger partial charge in [-0.3, -0.25) is 9.59 Å². The Morgan fingerprint density at radius 3 is 2.81 bits per heavy atom. The normalized spacial score (nSPS) is 16.3. The van der Waals surface area contributed by atoms with Crippen molar-refractivity contribution in [2.24, 2.45) is 0 Å². The van der Waals surface area contributed by atoms with Crippen molar-refractivity contribution < 1.29 is 24.2 Å². The minimum atomic E-state index is -0.670. The summed E-state index contributed by atoms with van der Waals surface area (Å²) in [6.07, 6.45) is 0.226. The van der Waals surface area contributed by atoms with E-state index in [0.717, 1.165) is 5.69 Å². The predicted molar refractivity (Wildman–Crippen MR) is 102 cm³/mol. The monoisotopic (exact) mass is 379 g/mol. The SMILES string of the molecule is COCCNC(=O)c1ccc2c(c1)N(C)[C@@H](CC(=O)NC(C)(C)CO)CO2. The zero-order chi connectivity index (χ0) is 20.0. The highest BCUT2D eigenvalue weighted by Gasteiger charge is 2.29. The van der Waals surface area contributed by atoms with Crippen molar-refractivity contribution in [2.75, 3.05) is 45.4 Å². The van der Waals surface area contributed by atoms with Crippen LogP contribution in [0.1, 0.15) is 30.6 Å². The minimum Gasteiger partial charge on any atom is -0.489 e. The number of ether oxygens (including phenoxy) is 2. The Kier molecular flexibility index (Phi) is 7.04. The standard InChI is InChI=1S/C19H29N3O5/c1-19(2,12-23)21-17(24)10-14-11-27-16-6-5-13(9-15(16)22(14)3)18(25)20-7-8-26-4/h5-6,9,14,23H,7-8,10-12H2,1-4H3,(H,20,25)(H,21,24)/t14-/m0/s1. The van der Waals surface area contributed by atoms with E-state index in [-0.39, 0.29) is 30.9 Å². The Balaban J connectivity index is 2.06. The number of methoxy groups -OCH3 is 1. The summed E-state index contributed by atoms with van der Waals surface area (Å²) in [4.78, 5) is 26.5. The van der Waals surface area contributed by atoms with Crippen LogP contribution in [0.4, 0.5) is 5.69 Å². The largest absolute Gasteiger partial charge is 0.489 e. The molecule has 1 atom stereocenters. The van der Waals surface area contributed by atoms with Crippen LogP contribution in [0, 0.1) is 0 Å². The number of amides is 2. The smallest absolute Gasteiger partial charge is 0.251 e. The van der Waals surface area contributed by atoms with Gasteiger partial charge in [-0.2, -0.15) is 0 Å². The Morgan fingerprint density at radius 2 is 2.15 bits per heavy atom. The molecule has 0 bridgehead atoms. The van der Waals surface area contributed by atoms with Crippen molar-refractivity contribution in [1.82, 2.24) is 10.6 Å². The third-order valence-corrected chi connectivity index (χ3v) is 4.47. The first kappa shape index (κ1) is 21.0. The van der Waals surface area contributed by atoms with Gasteiger partial charge in [-0.15, -0.1) is 0 Å². The first-order valence-corrected chi connectivity index (χ1v) is 8.96. The molecule has 1 heterocycles. The van der Waals surface area contributed by atoms with Crippen LogP contribution in [0.2, 0.25) is 0 Å². The number of benzene rings is 1. The summed E-state index contributed by atoms with van der Waals surface area (Å²) >= 11 is 0. The molecule has 1 aromatic rings. The molecule has 2 rings (SSSR count). The Bertz CT molecular complexity index is 677. The van der Waals surface area contributed by atoms with Gasteiger partial charge >= 0.3 is 0 Å². The Hall–Kier alpha value is -2.32. The molecular weight excluding hydrogens is 350 g/mol. The lowest BCUT2D eigenvalue weighted by Crippen LogP contribution is -2.50. The molecule has 0 aliphatic carbocycles. The van der Waals surface area contributed by atoms with Crippen molar-refractivity contribution in [3.05, 3.63) is 23.8 Å². The molecule has 0 unspecified atom stereocenters. The Labute approximate surface area is 159 Å². The molecule has 2 amide bonds. The van der Waals surface area contributed by atoms with E-state index in [1.54, 1.807) is 39.2 Å². The number of aliphatic hydroxyl groups is 1. The van der Waals surface area contributed by atoms with E-state index in [4.69, 9.17) is 9.47 Å². The van der Waals surface area contributed by atoms with Gasteiger partial charge in [0.05, 0.1) is 36.9 Å². The summed E-state index contributed by atoms with van der Waals surface area (Å²) in [5.74, 6) is 0.331. The molecular formula is C19H29N3O5. The summed E-state index contributed by atoms with van der Waals surface area (Å²) in [7, 11) is 3.46. The molecule has 0 radical (unpaired) electrons. The van der Waals surface area contributed by atoms with Crippen LogP contribution in [-0.4, -0.2) is 69.0 Å². The summed E-state index contributed by atoms with van der Waals surface area (Å²) in [6.45, 7) is 4.63. The quantitative estimate of drug-likeness (QED) is 0.570. The van der Waals surface area contributed by atoms with Gasteiger partial charge in [0.15, 0.2) is 0 Å². The first-order valence-electron chi connectivity index (χ1n) is 8.96. The number of fused-ring (bicyclic) bond motifs is 1. The molecule has 27 heavy (non-hydrogen) atoms. The van der Waals surface area contributed by atoms with Crippen LogP contribution in [0.5, 0.6) is 5.75 Å². The molecule has 1 aliphatic rings. The average Bonchev–Trinajstić information content (AvgIpc) is 2.63. The number of nitrogens with zero attached hydrogens (tertiary/aromatic N) is 1. The first-order chi connectivity index (χ1) is 12.8. The van der Waals surface area contributed by atoms with E-state index in [1.165, 1.54) is 0 Å². The second kappa shape index (κ2) is 9.05. The average molecular weight is 379 g/mol. The van der Waals surface area contributed by atoms with Crippen molar-refractivity contribution in [3.63, 3.8) is 0 Å². The zero-order valence-electron chi connectivity index (χ0n) is 16.4. The number of carbonyl (C=O) groups is 2. The molecule has 0 saturated heterocycles. The lowest BCUT2D eigenvalue weighted by molar-refractivity contribution is -0.123. The molecule has 0 fully saturated rings. The fourth-order valence-corrected chi connectivity index (χ4v) is 2.80. The molecule has 8 heteroatoms. The van der Waals surface area contributed by atoms with Gasteiger partial charge in [0, 0.05) is 26.3 Å². The van der Waals surface area contributed by atoms with Gasteiger partial charge in [-0.1, -0.05) is 0 Å². The molecule has 0 aromatic heterocycles. The highest BCUT2D eigenvalue weighted by molar-refractivity contribution is 5.95. The summed E-state index contributed by atoms with van der Waals surface area (Å²) < 4.78 is 10.7. The van der Waals surface area contributed by atoms with Crippen LogP contribution < -0.4 is 20.3 Å². The fourth-order valence-electron chi connectivity index (χ4n) is 2.80. The molecule has 3 N–H and O–H groups in total. The van der Waals surface area contributed by atoms with Crippen LogP contribution in [-0.2, 0) is 9.53 Å². The number of nitrogens with one attached hydrogen (secondary N) is 2. The summed E-state index contributed by atoms with van der Waals surface area (Å²) in [6, 6.07) is 5.08. The highest BCUT2D eigenvalue weighted by Crippen LogP contribution is 2.34. The van der Waals surface area contributed by atoms with Gasteiger partial charge in [0.1, 0.15) is 12.4 Å². The zero-order valence-corrected chi connectivity index (χ0v) is 16.4. The van der Waals surface area contributed by atoms with Crippen molar-refractivity contribution >= 4 is 17.5 Å². The van der Waals surface area contributed by atoms with E-state index in [2.05, 4.69) is 10.6 Å². The number of anilines is 1. The van der Waals surface area contributed by atoms with Crippen LogP contribution in [0.25, 0.3) is 0 Å². The number of rotatable bonds is 8. The molecule has 1 aromatic carbocycles. The van der Waals surface area contributed by atoms with Gasteiger partial charge in [0.25, 0.3) is 5.91 Å². The van der Waals surface area contributed by atoms with E-state index in [9.17, 15) is 14.7 Å². The topological polar surface area (TPSA) is 100 Å². The maximum atomic E-state index is 12.3. The molecule has 150 valence electrons. The van der Waals surface area contributed by atoms with Crippen LogP contribution in [0.3, 0.4) is 0 Å². The molecule has 8 nitrogen and oxygen atoms in total. The molecule has 1 aliphatic heterocycles. The van der Waals surface area contributed by atoms with Crippen molar-refractivity contribution in [1.29, 1.82) is 0 Å². The van der Waals surface area contributed by atoms with E-state index in [0.29, 0.717) is 31.1 Å². The number of likely N-dealkylation sites (N-methyl/N-ethyl adjacent to an activating group) is 1. The van der Waals surface area contributed by atoms with E-state index in [1.807, 2.05) is 11.9 Å². The van der Waals surface area contributed by atoms with Crippen LogP contribution >= 0.6 is 0 Å². The lowest BCUT2D eigenvalue weighted by Gasteiger charge is -2.36. The van der Waals surface area contributed by atoms with E-state index < -0.39 is 5.54 Å². The highest BCUT2D eigenvalue weighted by atomic mass is 16.5. The van der Waals surface area contributed by atoms with Gasteiger partial charge in [-0.25, -0.2) is 0 Å².